The minimum atomic E-state index is -0.291. The summed E-state index contributed by atoms with van der Waals surface area (Å²) in [6.07, 6.45) is 4.98. The van der Waals surface area contributed by atoms with Crippen molar-refractivity contribution in [3.8, 4) is 5.75 Å². The Bertz CT molecular complexity index is 468. The van der Waals surface area contributed by atoms with Crippen LogP contribution < -0.4 is 10.5 Å². The lowest BCUT2D eigenvalue weighted by atomic mass is 9.86. The Labute approximate surface area is 127 Å². The maximum absolute atomic E-state index is 13.6. The molecular formula is C17H27FN2O. The molecule has 1 aromatic rings. The van der Waals surface area contributed by atoms with Crippen LogP contribution in [0.3, 0.4) is 0 Å². The van der Waals surface area contributed by atoms with Crippen LogP contribution in [0.15, 0.2) is 18.2 Å². The molecule has 0 saturated carbocycles. The van der Waals surface area contributed by atoms with E-state index in [2.05, 4.69) is 18.7 Å². The van der Waals surface area contributed by atoms with Gasteiger partial charge in [-0.25, -0.2) is 4.39 Å². The summed E-state index contributed by atoms with van der Waals surface area (Å²) in [5.74, 6) is 0.389. The number of likely N-dealkylation sites (tertiary alicyclic amines) is 1. The quantitative estimate of drug-likeness (QED) is 0.924. The fraction of sp³-hybridized carbons (Fsp3) is 0.647. The van der Waals surface area contributed by atoms with Crippen molar-refractivity contribution in [2.45, 2.75) is 51.1 Å². The normalized spacial score (nSPS) is 19.1. The Hall–Kier alpha value is -1.13. The van der Waals surface area contributed by atoms with Crippen molar-refractivity contribution in [3.05, 3.63) is 29.6 Å². The average Bonchev–Trinajstić information content (AvgIpc) is 2.76. The van der Waals surface area contributed by atoms with Crippen molar-refractivity contribution in [2.75, 3.05) is 20.2 Å². The van der Waals surface area contributed by atoms with Crippen LogP contribution >= 0.6 is 0 Å². The third-order valence-corrected chi connectivity index (χ3v) is 4.71. The molecule has 2 N–H and O–H groups in total. The molecule has 0 radical (unpaired) electrons. The highest BCUT2D eigenvalue weighted by Gasteiger charge is 2.35. The third kappa shape index (κ3) is 3.55. The molecule has 1 heterocycles. The van der Waals surface area contributed by atoms with E-state index in [0.29, 0.717) is 5.75 Å². The van der Waals surface area contributed by atoms with Crippen LogP contribution in [0.1, 0.15) is 51.1 Å². The number of ether oxygens (including phenoxy) is 1. The zero-order valence-corrected chi connectivity index (χ0v) is 13.4. The summed E-state index contributed by atoms with van der Waals surface area (Å²) < 4.78 is 19.0. The van der Waals surface area contributed by atoms with Crippen LogP contribution in [-0.4, -0.2) is 30.6 Å². The minimum Gasteiger partial charge on any atom is -0.496 e. The molecule has 0 spiro atoms. The van der Waals surface area contributed by atoms with Crippen molar-refractivity contribution in [3.63, 3.8) is 0 Å². The van der Waals surface area contributed by atoms with Crippen LogP contribution in [0.5, 0.6) is 5.75 Å². The lowest BCUT2D eigenvalue weighted by Crippen LogP contribution is -2.51. The van der Waals surface area contributed by atoms with Crippen LogP contribution in [0.4, 0.5) is 4.39 Å². The molecule has 1 aliphatic rings. The molecule has 1 unspecified atom stereocenters. The second-order valence-electron chi connectivity index (χ2n) is 6.42. The summed E-state index contributed by atoms with van der Waals surface area (Å²) in [7, 11) is 1.60. The monoisotopic (exact) mass is 294 g/mol. The molecule has 1 saturated heterocycles. The zero-order valence-electron chi connectivity index (χ0n) is 13.4. The van der Waals surface area contributed by atoms with Crippen molar-refractivity contribution < 1.29 is 9.13 Å². The van der Waals surface area contributed by atoms with Gasteiger partial charge in [-0.05, 0) is 58.0 Å². The number of hydrogen-bond acceptors (Lipinski definition) is 3. The van der Waals surface area contributed by atoms with E-state index in [1.807, 2.05) is 0 Å². The molecule has 0 aromatic heterocycles. The Morgan fingerprint density at radius 3 is 2.38 bits per heavy atom. The summed E-state index contributed by atoms with van der Waals surface area (Å²) in [6.45, 7) is 6.40. The van der Waals surface area contributed by atoms with Gasteiger partial charge in [-0.2, -0.15) is 0 Å². The van der Waals surface area contributed by atoms with Crippen LogP contribution in [-0.2, 0) is 0 Å². The molecule has 2 rings (SSSR count). The van der Waals surface area contributed by atoms with Crippen molar-refractivity contribution in [1.29, 1.82) is 0 Å². The van der Waals surface area contributed by atoms with Gasteiger partial charge in [0.25, 0.3) is 0 Å². The van der Waals surface area contributed by atoms with Gasteiger partial charge in [0.05, 0.1) is 13.2 Å². The van der Waals surface area contributed by atoms with E-state index in [9.17, 15) is 4.39 Å². The Morgan fingerprint density at radius 1 is 1.19 bits per heavy atom. The van der Waals surface area contributed by atoms with Gasteiger partial charge in [0.15, 0.2) is 0 Å². The summed E-state index contributed by atoms with van der Waals surface area (Å²) in [5, 5.41) is 0. The van der Waals surface area contributed by atoms with Gasteiger partial charge in [0, 0.05) is 11.1 Å². The van der Waals surface area contributed by atoms with Gasteiger partial charge in [0.1, 0.15) is 11.6 Å². The second kappa shape index (κ2) is 6.75. The molecule has 0 aliphatic carbocycles. The Balaban J connectivity index is 2.28. The maximum atomic E-state index is 13.6. The van der Waals surface area contributed by atoms with E-state index in [1.54, 1.807) is 13.2 Å². The first-order chi connectivity index (χ1) is 9.96. The molecule has 1 fully saturated rings. The predicted octanol–water partition coefficient (Wildman–Crippen LogP) is 3.49. The highest BCUT2D eigenvalue weighted by Crippen LogP contribution is 2.35. The fourth-order valence-corrected chi connectivity index (χ4v) is 3.17. The van der Waals surface area contributed by atoms with Gasteiger partial charge in [-0.3, -0.25) is 4.90 Å². The molecule has 3 nitrogen and oxygen atoms in total. The highest BCUT2D eigenvalue weighted by molar-refractivity contribution is 5.38. The Kier molecular flexibility index (Phi) is 5.22. The number of rotatable bonds is 4. The smallest absolute Gasteiger partial charge is 0.123 e. The lowest BCUT2D eigenvalue weighted by Gasteiger charge is -2.42. The zero-order chi connectivity index (χ0) is 15.5. The fourth-order valence-electron chi connectivity index (χ4n) is 3.17. The number of hydrogen-bond donors (Lipinski definition) is 1. The van der Waals surface area contributed by atoms with E-state index in [-0.39, 0.29) is 17.4 Å². The van der Waals surface area contributed by atoms with E-state index >= 15 is 0 Å². The first-order valence-electron chi connectivity index (χ1n) is 7.81. The molecule has 21 heavy (non-hydrogen) atoms. The molecule has 0 bridgehead atoms. The van der Waals surface area contributed by atoms with Crippen LogP contribution in [0.25, 0.3) is 0 Å². The van der Waals surface area contributed by atoms with E-state index in [0.717, 1.165) is 18.7 Å². The number of nitrogens with two attached hydrogens (primary N) is 1. The van der Waals surface area contributed by atoms with Crippen molar-refractivity contribution in [2.24, 2.45) is 5.73 Å². The molecular weight excluding hydrogens is 267 g/mol. The van der Waals surface area contributed by atoms with Gasteiger partial charge in [-0.15, -0.1) is 0 Å². The summed E-state index contributed by atoms with van der Waals surface area (Å²) in [6, 6.07) is 4.28. The topological polar surface area (TPSA) is 38.5 Å². The molecule has 4 heteroatoms. The molecule has 1 aliphatic heterocycles. The number of methoxy groups -OCH3 is 1. The summed E-state index contributed by atoms with van der Waals surface area (Å²) in [4.78, 5) is 2.44. The minimum absolute atomic E-state index is 0.231. The maximum Gasteiger partial charge on any atom is 0.123 e. The van der Waals surface area contributed by atoms with Gasteiger partial charge < -0.3 is 10.5 Å². The van der Waals surface area contributed by atoms with Crippen LogP contribution in [0, 0.1) is 5.82 Å². The van der Waals surface area contributed by atoms with E-state index in [4.69, 9.17) is 10.5 Å². The van der Waals surface area contributed by atoms with Crippen molar-refractivity contribution in [1.82, 2.24) is 4.90 Å². The van der Waals surface area contributed by atoms with Gasteiger partial charge in [-0.1, -0.05) is 12.8 Å². The average molecular weight is 294 g/mol. The van der Waals surface area contributed by atoms with Gasteiger partial charge >= 0.3 is 0 Å². The third-order valence-electron chi connectivity index (χ3n) is 4.71. The summed E-state index contributed by atoms with van der Waals surface area (Å²) in [5.41, 5.74) is 7.02. The summed E-state index contributed by atoms with van der Waals surface area (Å²) >= 11 is 0. The molecule has 118 valence electrons. The number of halogens is 1. The van der Waals surface area contributed by atoms with Gasteiger partial charge in [0.2, 0.25) is 0 Å². The first-order valence-corrected chi connectivity index (χ1v) is 7.81. The molecule has 0 amide bonds. The first kappa shape index (κ1) is 16.2. The largest absolute Gasteiger partial charge is 0.496 e. The van der Waals surface area contributed by atoms with E-state index < -0.39 is 0 Å². The van der Waals surface area contributed by atoms with Crippen molar-refractivity contribution >= 4 is 0 Å². The highest BCUT2D eigenvalue weighted by atomic mass is 19.1. The lowest BCUT2D eigenvalue weighted by molar-refractivity contribution is 0.0969. The predicted molar refractivity (Wildman–Crippen MR) is 84.0 cm³/mol. The Morgan fingerprint density at radius 2 is 1.81 bits per heavy atom. The van der Waals surface area contributed by atoms with Crippen LogP contribution in [0.2, 0.25) is 0 Å². The molecule has 1 aromatic carbocycles. The standard InChI is InChI=1S/C17H27FN2O/c1-17(2,20-10-6-4-5-7-11-20)16(19)14-12-13(18)8-9-15(14)21-3/h8-9,12,16H,4-7,10-11,19H2,1-3H3. The second-order valence-corrected chi connectivity index (χ2v) is 6.42. The van der Waals surface area contributed by atoms with E-state index in [1.165, 1.54) is 37.8 Å². The SMILES string of the molecule is COc1ccc(F)cc1C(N)C(C)(C)N1CCCCCC1. The number of nitrogens with zero attached hydrogens (tertiary/aromatic N) is 1. The number of benzene rings is 1. The molecule has 1 atom stereocenters.